The predicted molar refractivity (Wildman–Crippen MR) is 93.3 cm³/mol. The number of phosphoric acid groups is 1. The number of carbonyl (C=O) groups excluding carboxylic acids is 1. The van der Waals surface area contributed by atoms with E-state index in [-0.39, 0.29) is 13.2 Å². The third kappa shape index (κ3) is 13.9. The van der Waals surface area contributed by atoms with E-state index in [4.69, 9.17) is 19.4 Å². The molecule has 0 saturated heterocycles. The van der Waals surface area contributed by atoms with Crippen molar-refractivity contribution in [1.29, 1.82) is 0 Å². The zero-order valence-electron chi connectivity index (χ0n) is 14.8. The summed E-state index contributed by atoms with van der Waals surface area (Å²) in [5, 5.41) is 5.96. The molecule has 0 aliphatic heterocycles. The Bertz CT molecular complexity index is 360. The van der Waals surface area contributed by atoms with Crippen LogP contribution < -0.4 is 21.8 Å². The van der Waals surface area contributed by atoms with Crippen molar-refractivity contribution in [2.45, 2.75) is 39.5 Å². The molecule has 10 heteroatoms. The Morgan fingerprint density at radius 3 is 2.46 bits per heavy atom. The lowest BCUT2D eigenvalue weighted by Gasteiger charge is -2.17. The number of nitrogens with two attached hydrogens (primary N) is 1. The molecule has 0 spiro atoms. The number of hydrogen-bond donors (Lipinski definition) is 4. The Labute approximate surface area is 144 Å². The molecule has 0 aliphatic rings. The Kier molecular flexibility index (Phi) is 15.6. The van der Waals surface area contributed by atoms with Crippen LogP contribution in [0.5, 0.6) is 0 Å². The molecule has 1 atom stereocenters. The van der Waals surface area contributed by atoms with Crippen LogP contribution in [-0.4, -0.2) is 51.8 Å². The lowest BCUT2D eigenvalue weighted by molar-refractivity contribution is -0.135. The fraction of sp³-hybridized carbons (Fsp3) is 0.929. The summed E-state index contributed by atoms with van der Waals surface area (Å²) in [6.45, 7) is 7.01. The summed E-state index contributed by atoms with van der Waals surface area (Å²) in [5.74, 6) is -0.672. The summed E-state index contributed by atoms with van der Waals surface area (Å²) < 4.78 is 27.5. The second-order valence-electron chi connectivity index (χ2n) is 5.15. The highest BCUT2D eigenvalue weighted by Gasteiger charge is 2.31. The first-order valence-corrected chi connectivity index (χ1v) is 10.0. The first kappa shape index (κ1) is 23.5. The quantitative estimate of drug-likeness (QED) is 0.168. The summed E-state index contributed by atoms with van der Waals surface area (Å²) >= 11 is 0. The van der Waals surface area contributed by atoms with E-state index < -0.39 is 13.8 Å². The van der Waals surface area contributed by atoms with E-state index in [1.807, 2.05) is 6.92 Å². The zero-order chi connectivity index (χ0) is 18.1. The molecule has 5 N–H and O–H groups in total. The lowest BCUT2D eigenvalue weighted by Crippen LogP contribution is -2.31. The van der Waals surface area contributed by atoms with Gasteiger partial charge in [0.1, 0.15) is 0 Å². The molecule has 0 aromatic rings. The van der Waals surface area contributed by atoms with Crippen molar-refractivity contribution in [3.8, 4) is 0 Å². The summed E-state index contributed by atoms with van der Waals surface area (Å²) in [4.78, 5) is 11.8. The highest BCUT2D eigenvalue weighted by molar-refractivity contribution is 7.49. The molecule has 24 heavy (non-hydrogen) atoms. The fourth-order valence-corrected chi connectivity index (χ4v) is 2.59. The average Bonchev–Trinajstić information content (AvgIpc) is 2.55. The van der Waals surface area contributed by atoms with Crippen molar-refractivity contribution in [3.63, 3.8) is 0 Å². The Morgan fingerprint density at radius 1 is 1.04 bits per heavy atom. The molecular weight excluding hydrogens is 335 g/mol. The molecule has 0 radical (unpaired) electrons. The van der Waals surface area contributed by atoms with E-state index in [9.17, 15) is 9.36 Å². The average molecular weight is 368 g/mol. The van der Waals surface area contributed by atoms with Crippen LogP contribution in [0.4, 0.5) is 0 Å². The molecule has 1 unspecified atom stereocenters. The third-order valence-corrected chi connectivity index (χ3v) is 4.12. The van der Waals surface area contributed by atoms with Crippen LogP contribution in [0.1, 0.15) is 39.5 Å². The highest BCUT2D eigenvalue weighted by Crippen LogP contribution is 2.48. The molecule has 0 aromatic heterocycles. The molecule has 0 aliphatic carbocycles. The topological polar surface area (TPSA) is 124 Å². The maximum atomic E-state index is 12.5. The Balaban J connectivity index is 4.21. The van der Waals surface area contributed by atoms with Crippen LogP contribution in [0.15, 0.2) is 0 Å². The smallest absolute Gasteiger partial charge is 0.368 e. The third-order valence-electron chi connectivity index (χ3n) is 2.84. The highest BCUT2D eigenvalue weighted by atomic mass is 31.2. The zero-order valence-corrected chi connectivity index (χ0v) is 15.7. The van der Waals surface area contributed by atoms with Crippen molar-refractivity contribution >= 4 is 13.8 Å². The van der Waals surface area contributed by atoms with Gasteiger partial charge in [-0.25, -0.2) is 4.57 Å². The van der Waals surface area contributed by atoms with Crippen LogP contribution in [-0.2, 0) is 23.0 Å². The second-order valence-corrected chi connectivity index (χ2v) is 6.67. The van der Waals surface area contributed by atoms with Gasteiger partial charge in [0.05, 0.1) is 13.2 Å². The lowest BCUT2D eigenvalue weighted by atomic mass is 10.3. The summed E-state index contributed by atoms with van der Waals surface area (Å²) in [7, 11) is -3.97. The van der Waals surface area contributed by atoms with Crippen molar-refractivity contribution in [1.82, 2.24) is 16.1 Å². The molecule has 0 amide bonds. The molecule has 0 rings (SSSR count). The normalized spacial score (nSPS) is 13.6. The van der Waals surface area contributed by atoms with Crippen molar-refractivity contribution in [2.24, 2.45) is 5.73 Å². The van der Waals surface area contributed by atoms with Gasteiger partial charge in [0.25, 0.3) is 0 Å². The van der Waals surface area contributed by atoms with Gasteiger partial charge in [0.15, 0.2) is 0 Å². The van der Waals surface area contributed by atoms with E-state index in [0.29, 0.717) is 39.1 Å². The van der Waals surface area contributed by atoms with E-state index >= 15 is 0 Å². The van der Waals surface area contributed by atoms with E-state index in [1.54, 1.807) is 0 Å². The summed E-state index contributed by atoms with van der Waals surface area (Å²) in [6, 6.07) is 0. The molecule has 0 heterocycles. The van der Waals surface area contributed by atoms with Gasteiger partial charge in [-0.05, 0) is 19.4 Å². The Hall–Kier alpha value is -0.540. The minimum Gasteiger partial charge on any atom is -0.368 e. The number of nitrogens with one attached hydrogen (secondary N) is 3. The number of phosphoric ester groups is 1. The van der Waals surface area contributed by atoms with Gasteiger partial charge >= 0.3 is 13.8 Å². The van der Waals surface area contributed by atoms with Gasteiger partial charge < -0.3 is 20.9 Å². The van der Waals surface area contributed by atoms with E-state index in [2.05, 4.69) is 23.0 Å². The first-order chi connectivity index (χ1) is 11.6. The van der Waals surface area contributed by atoms with Gasteiger partial charge in [-0.2, -0.15) is 10.1 Å². The molecule has 0 fully saturated rings. The first-order valence-electron chi connectivity index (χ1n) is 8.58. The van der Waals surface area contributed by atoms with Crippen LogP contribution >= 0.6 is 7.82 Å². The van der Waals surface area contributed by atoms with Gasteiger partial charge in [0, 0.05) is 26.2 Å². The minimum absolute atomic E-state index is 0.0391. The molecule has 0 bridgehead atoms. The van der Waals surface area contributed by atoms with Crippen LogP contribution in [0.2, 0.25) is 0 Å². The molecule has 0 aromatic carbocycles. The van der Waals surface area contributed by atoms with Gasteiger partial charge in [-0.15, -0.1) is 0 Å². The van der Waals surface area contributed by atoms with Crippen molar-refractivity contribution < 1.29 is 23.0 Å². The summed E-state index contributed by atoms with van der Waals surface area (Å²) in [5.41, 5.74) is 7.86. The predicted octanol–water partition coefficient (Wildman–Crippen LogP) is 0.914. The Morgan fingerprint density at radius 2 is 1.79 bits per heavy atom. The van der Waals surface area contributed by atoms with E-state index in [1.165, 1.54) is 0 Å². The largest absolute Gasteiger partial charge is 0.549 e. The number of carbonyl (C=O) groups is 1. The fourth-order valence-electron chi connectivity index (χ4n) is 1.53. The van der Waals surface area contributed by atoms with E-state index in [0.717, 1.165) is 19.3 Å². The monoisotopic (exact) mass is 368 g/mol. The second kappa shape index (κ2) is 16.0. The number of hydrogen-bond acceptors (Lipinski definition) is 9. The maximum Gasteiger partial charge on any atom is 0.549 e. The van der Waals surface area contributed by atoms with Gasteiger partial charge in [-0.3, -0.25) is 9.32 Å². The number of rotatable bonds is 17. The molecule has 9 nitrogen and oxygen atoms in total. The summed E-state index contributed by atoms with van der Waals surface area (Å²) in [6.07, 6.45) is 3.53. The maximum absolute atomic E-state index is 12.5. The van der Waals surface area contributed by atoms with Gasteiger partial charge in [0.2, 0.25) is 0 Å². The molecule has 144 valence electrons. The molecule has 0 saturated carbocycles. The SMILES string of the molecule is CCCCNCC(=O)OP(=O)(OCCCC)ONCCNCCN. The van der Waals surface area contributed by atoms with Crippen LogP contribution in [0.25, 0.3) is 0 Å². The standard InChI is InChI=1S/C14H33N4O5P/c1-3-5-8-17-13-14(19)22-24(20,21-12-6-4-2)23-18-11-10-16-9-7-15/h16-18H,3-13,15H2,1-2H3. The van der Waals surface area contributed by atoms with Crippen LogP contribution in [0.3, 0.4) is 0 Å². The number of hydroxylamine groups is 1. The minimum atomic E-state index is -3.97. The molecular formula is C14H33N4O5P. The van der Waals surface area contributed by atoms with Crippen molar-refractivity contribution in [2.75, 3.05) is 45.9 Å². The van der Waals surface area contributed by atoms with Crippen molar-refractivity contribution in [3.05, 3.63) is 0 Å². The van der Waals surface area contributed by atoms with Crippen LogP contribution in [0, 0.1) is 0 Å². The number of unbranched alkanes of at least 4 members (excludes halogenated alkanes) is 2. The van der Waals surface area contributed by atoms with Gasteiger partial charge in [-0.1, -0.05) is 26.7 Å².